The van der Waals surface area contributed by atoms with Crippen LogP contribution in [0.25, 0.3) is 0 Å². The predicted molar refractivity (Wildman–Crippen MR) is 127 cm³/mol. The zero-order valence-corrected chi connectivity index (χ0v) is 22.1. The first kappa shape index (κ1) is 25.1. The van der Waals surface area contributed by atoms with Crippen molar-refractivity contribution in [3.63, 3.8) is 0 Å². The van der Waals surface area contributed by atoms with Crippen LogP contribution < -0.4 is 0 Å². The molecule has 0 radical (unpaired) electrons. The number of carbonyl (C=O) groups is 3. The molecule has 2 saturated heterocycles. The molecule has 202 valence electrons. The van der Waals surface area contributed by atoms with Crippen LogP contribution in [0.2, 0.25) is 0 Å². The Hall–Kier alpha value is -2.23. The highest BCUT2D eigenvalue weighted by Gasteiger charge is 2.89. The van der Waals surface area contributed by atoms with Gasteiger partial charge in [0.05, 0.1) is 18.6 Å². The Balaban J connectivity index is 1.56. The van der Waals surface area contributed by atoms with E-state index in [2.05, 4.69) is 6.92 Å². The third kappa shape index (κ3) is 2.63. The molecular weight excluding hydrogens is 480 g/mol. The largest absolute Gasteiger partial charge is 0.472 e. The summed E-state index contributed by atoms with van der Waals surface area (Å²) in [4.78, 5) is 38.9. The smallest absolute Gasteiger partial charge is 0.339 e. The van der Waals surface area contributed by atoms with Crippen LogP contribution in [-0.4, -0.2) is 58.0 Å². The van der Waals surface area contributed by atoms with Gasteiger partial charge >= 0.3 is 11.9 Å². The van der Waals surface area contributed by atoms with E-state index in [0.717, 1.165) is 5.56 Å². The summed E-state index contributed by atoms with van der Waals surface area (Å²) in [6.45, 7) is 11.0. The molecule has 1 aromatic rings. The van der Waals surface area contributed by atoms with E-state index in [1.807, 2.05) is 13.8 Å². The van der Waals surface area contributed by atoms with Crippen LogP contribution in [0.15, 0.2) is 23.0 Å². The van der Waals surface area contributed by atoms with Crippen molar-refractivity contribution in [3.8, 4) is 0 Å². The van der Waals surface area contributed by atoms with Crippen molar-refractivity contribution in [2.24, 2.45) is 33.5 Å². The van der Waals surface area contributed by atoms with Gasteiger partial charge in [0.2, 0.25) is 0 Å². The summed E-state index contributed by atoms with van der Waals surface area (Å²) in [6.07, 6.45) is -0.376. The summed E-state index contributed by atoms with van der Waals surface area (Å²) in [5.74, 6) is -2.03. The average Bonchev–Trinajstić information content (AvgIpc) is 3.40. The molecule has 1 aromatic heterocycles. The summed E-state index contributed by atoms with van der Waals surface area (Å²) in [7, 11) is 0. The quantitative estimate of drug-likeness (QED) is 0.449. The summed E-state index contributed by atoms with van der Waals surface area (Å²) in [5, 5.41) is 22.5. The van der Waals surface area contributed by atoms with Crippen LogP contribution in [0.3, 0.4) is 0 Å². The van der Waals surface area contributed by atoms with Crippen LogP contribution in [0.1, 0.15) is 72.5 Å². The van der Waals surface area contributed by atoms with E-state index in [1.54, 1.807) is 32.4 Å². The molecule has 37 heavy (non-hydrogen) atoms. The molecule has 9 heteroatoms. The lowest BCUT2D eigenvalue weighted by atomic mass is 9.34. The molecule has 1 spiro atoms. The van der Waals surface area contributed by atoms with Gasteiger partial charge in [-0.15, -0.1) is 0 Å². The number of ether oxygens (including phenoxy) is 3. The van der Waals surface area contributed by atoms with E-state index in [1.165, 1.54) is 6.92 Å². The van der Waals surface area contributed by atoms with Crippen molar-refractivity contribution in [1.29, 1.82) is 0 Å². The molecule has 0 amide bonds. The van der Waals surface area contributed by atoms with Crippen molar-refractivity contribution in [2.75, 3.05) is 0 Å². The van der Waals surface area contributed by atoms with E-state index in [4.69, 9.17) is 18.6 Å². The second-order valence-electron chi connectivity index (χ2n) is 13.1. The second kappa shape index (κ2) is 7.24. The summed E-state index contributed by atoms with van der Waals surface area (Å²) < 4.78 is 23.8. The Kier molecular flexibility index (Phi) is 4.91. The van der Waals surface area contributed by atoms with Gasteiger partial charge in [-0.2, -0.15) is 0 Å². The number of cyclic esters (lactones) is 1. The molecule has 0 bridgehead atoms. The molecular formula is C28H36O9. The summed E-state index contributed by atoms with van der Waals surface area (Å²) in [6, 6.07) is 1.78. The minimum Gasteiger partial charge on any atom is -0.472 e. The first-order valence-electron chi connectivity index (χ1n) is 13.2. The van der Waals surface area contributed by atoms with Crippen molar-refractivity contribution in [2.45, 2.75) is 96.9 Å². The highest BCUT2D eigenvalue weighted by atomic mass is 16.7. The fourth-order valence-corrected chi connectivity index (χ4v) is 9.78. The number of carbonyl (C=O) groups excluding carboxylic acids is 3. The Morgan fingerprint density at radius 2 is 1.78 bits per heavy atom. The number of furan rings is 1. The Labute approximate surface area is 215 Å². The van der Waals surface area contributed by atoms with Crippen molar-refractivity contribution in [1.82, 2.24) is 0 Å². The number of rotatable bonds is 2. The van der Waals surface area contributed by atoms with E-state index in [0.29, 0.717) is 19.3 Å². The lowest BCUT2D eigenvalue weighted by molar-refractivity contribution is -0.288. The number of Topliss-reactive ketones (excluding diaryl/α,β-unsaturated/α-hetero) is 1. The molecule has 3 saturated carbocycles. The lowest BCUT2D eigenvalue weighted by Crippen LogP contribution is -2.76. The molecule has 2 N–H and O–H groups in total. The van der Waals surface area contributed by atoms with Gasteiger partial charge in [0.25, 0.3) is 0 Å². The molecule has 6 rings (SSSR count). The van der Waals surface area contributed by atoms with Crippen LogP contribution in [-0.2, 0) is 28.6 Å². The lowest BCUT2D eigenvalue weighted by Gasteiger charge is -2.70. The molecule has 0 aromatic carbocycles. The summed E-state index contributed by atoms with van der Waals surface area (Å²) >= 11 is 0. The number of aliphatic hydroxyl groups excluding tert-OH is 2. The molecule has 3 aliphatic carbocycles. The van der Waals surface area contributed by atoms with Gasteiger partial charge in [-0.25, -0.2) is 4.79 Å². The maximum atomic E-state index is 13.3. The highest BCUT2D eigenvalue weighted by molar-refractivity contribution is 5.90. The molecule has 9 nitrogen and oxygen atoms in total. The van der Waals surface area contributed by atoms with Gasteiger partial charge in [0, 0.05) is 34.1 Å². The zero-order chi connectivity index (χ0) is 26.9. The van der Waals surface area contributed by atoms with Gasteiger partial charge < -0.3 is 28.8 Å². The van der Waals surface area contributed by atoms with Crippen LogP contribution >= 0.6 is 0 Å². The standard InChI is InChI=1S/C28H36O9/c1-13(29)35-17-11-16-24(2,3)19(31)18(30)20(32)26(16,5)15-7-9-25(4)21(14-8-10-34-12-14)36-23(33)22-28(25,37-22)27(15,17)6/h8,10,12,15-18,20-22,30,32H,7,9,11H2,1-6H3/t15?,16?,17-,18?,20?,21+,22-,25+,26-,27+,28-/m1/s1. The molecule has 3 heterocycles. The number of hydrogen-bond donors (Lipinski definition) is 2. The summed E-state index contributed by atoms with van der Waals surface area (Å²) in [5.41, 5.74) is -3.76. The second-order valence-corrected chi connectivity index (χ2v) is 13.1. The fourth-order valence-electron chi connectivity index (χ4n) is 9.78. The highest BCUT2D eigenvalue weighted by Crippen LogP contribution is 2.80. The van der Waals surface area contributed by atoms with E-state index in [9.17, 15) is 24.6 Å². The molecule has 2 aliphatic heterocycles. The monoisotopic (exact) mass is 516 g/mol. The van der Waals surface area contributed by atoms with Gasteiger partial charge in [0.15, 0.2) is 11.9 Å². The van der Waals surface area contributed by atoms with Crippen LogP contribution in [0.5, 0.6) is 0 Å². The van der Waals surface area contributed by atoms with Crippen LogP contribution in [0.4, 0.5) is 0 Å². The average molecular weight is 517 g/mol. The maximum absolute atomic E-state index is 13.3. The van der Waals surface area contributed by atoms with Gasteiger partial charge in [-0.05, 0) is 37.2 Å². The minimum atomic E-state index is -1.53. The maximum Gasteiger partial charge on any atom is 0.339 e. The van der Waals surface area contributed by atoms with Gasteiger partial charge in [0.1, 0.15) is 23.9 Å². The Bertz CT molecular complexity index is 1170. The van der Waals surface area contributed by atoms with Gasteiger partial charge in [-0.1, -0.05) is 34.6 Å². The third-order valence-electron chi connectivity index (χ3n) is 11.5. The normalized spacial score (nSPS) is 51.6. The number of esters is 2. The van der Waals surface area contributed by atoms with Crippen molar-refractivity contribution >= 4 is 17.7 Å². The number of epoxide rings is 1. The fraction of sp³-hybridized carbons (Fsp3) is 0.750. The number of hydrogen-bond acceptors (Lipinski definition) is 9. The predicted octanol–water partition coefficient (Wildman–Crippen LogP) is 2.73. The van der Waals surface area contributed by atoms with E-state index < -0.39 is 75.5 Å². The molecule has 5 aliphatic rings. The Morgan fingerprint density at radius 3 is 2.41 bits per heavy atom. The first-order valence-corrected chi connectivity index (χ1v) is 13.2. The SMILES string of the molecule is CC(=O)O[C@@H]1CC2C(C)(C)C(=O)C(O)C(O)[C@]2(C)C2CC[C@@]3(C)[C@H](c4ccoc4)OC(=O)[C@H]4O[C@]43[C@@]21C. The third-order valence-corrected chi connectivity index (χ3v) is 11.5. The number of aliphatic hydroxyl groups is 2. The molecule has 5 fully saturated rings. The topological polar surface area (TPSA) is 136 Å². The van der Waals surface area contributed by atoms with E-state index in [-0.39, 0.29) is 11.8 Å². The first-order chi connectivity index (χ1) is 17.2. The van der Waals surface area contributed by atoms with Crippen molar-refractivity contribution < 1.29 is 43.2 Å². The zero-order valence-electron chi connectivity index (χ0n) is 22.1. The molecule has 4 unspecified atom stereocenters. The molecule has 11 atom stereocenters. The number of fused-ring (bicyclic) bond motifs is 3. The Morgan fingerprint density at radius 1 is 1.08 bits per heavy atom. The minimum absolute atomic E-state index is 0.297. The van der Waals surface area contributed by atoms with Crippen molar-refractivity contribution in [3.05, 3.63) is 24.2 Å². The van der Waals surface area contributed by atoms with Gasteiger partial charge in [-0.3, -0.25) is 9.59 Å². The van der Waals surface area contributed by atoms with Crippen LogP contribution in [0, 0.1) is 33.5 Å². The van der Waals surface area contributed by atoms with E-state index >= 15 is 0 Å². The number of ketones is 1.